The summed E-state index contributed by atoms with van der Waals surface area (Å²) in [6.07, 6.45) is 1.20. The smallest absolute Gasteiger partial charge is 0.271 e. The molecule has 0 aliphatic carbocycles. The van der Waals surface area contributed by atoms with Gasteiger partial charge in [0, 0.05) is 12.1 Å². The largest absolute Gasteiger partial charge is 0.323 e. The number of nitro groups is 1. The van der Waals surface area contributed by atoms with Crippen molar-refractivity contribution in [3.8, 4) is 12.1 Å². The lowest BCUT2D eigenvalue weighted by atomic mass is 10.3. The first-order valence-corrected chi connectivity index (χ1v) is 6.43. The van der Waals surface area contributed by atoms with Gasteiger partial charge in [0.1, 0.15) is 18.7 Å². The van der Waals surface area contributed by atoms with Crippen LogP contribution in [0.25, 0.3) is 0 Å². The average Bonchev–Trinajstić information content (AvgIpc) is 2.90. The number of amides is 1. The third-order valence-electron chi connectivity index (χ3n) is 2.80. The van der Waals surface area contributed by atoms with E-state index in [9.17, 15) is 14.9 Å². The highest BCUT2D eigenvalue weighted by Gasteiger charge is 2.15. The second kappa shape index (κ2) is 6.56. The van der Waals surface area contributed by atoms with Gasteiger partial charge in [0.05, 0.1) is 22.0 Å². The number of nitro benzene ring substituents is 1. The van der Waals surface area contributed by atoms with E-state index in [0.717, 1.165) is 6.07 Å². The zero-order valence-corrected chi connectivity index (χ0v) is 12.1. The van der Waals surface area contributed by atoms with Gasteiger partial charge < -0.3 is 9.88 Å². The molecule has 2 aromatic rings. The normalized spacial score (nSPS) is 9.70. The van der Waals surface area contributed by atoms with E-state index >= 15 is 0 Å². The number of carbonyl (C=O) groups excluding carboxylic acids is 1. The molecular weight excluding hydrogens is 324 g/mol. The molecule has 0 atom stereocenters. The van der Waals surface area contributed by atoms with Crippen LogP contribution < -0.4 is 5.32 Å². The van der Waals surface area contributed by atoms with Gasteiger partial charge in [-0.2, -0.15) is 10.5 Å². The highest BCUT2D eigenvalue weighted by Crippen LogP contribution is 2.26. The average molecular weight is 331 g/mol. The number of carbonyl (C=O) groups is 1. The highest BCUT2D eigenvalue weighted by molar-refractivity contribution is 6.33. The molecular formula is C13H7ClN6O3. The van der Waals surface area contributed by atoms with Gasteiger partial charge in [0.2, 0.25) is 5.91 Å². The van der Waals surface area contributed by atoms with Crippen molar-refractivity contribution < 1.29 is 9.72 Å². The predicted molar refractivity (Wildman–Crippen MR) is 78.4 cm³/mol. The fourth-order valence-corrected chi connectivity index (χ4v) is 1.99. The van der Waals surface area contributed by atoms with E-state index in [2.05, 4.69) is 10.3 Å². The second-order valence-electron chi connectivity index (χ2n) is 4.26. The monoisotopic (exact) mass is 330 g/mol. The summed E-state index contributed by atoms with van der Waals surface area (Å²) in [5.74, 6) is -0.529. The minimum atomic E-state index is -0.606. The molecule has 0 radical (unpaired) electrons. The second-order valence-corrected chi connectivity index (χ2v) is 4.67. The lowest BCUT2D eigenvalue weighted by Gasteiger charge is -2.08. The van der Waals surface area contributed by atoms with E-state index in [-0.39, 0.29) is 34.3 Å². The molecule has 1 aromatic carbocycles. The third kappa shape index (κ3) is 3.43. The first-order chi connectivity index (χ1) is 11.0. The molecule has 2 rings (SSSR count). The number of nitrogens with one attached hydrogen (secondary N) is 1. The number of halogens is 1. The topological polar surface area (TPSA) is 138 Å². The van der Waals surface area contributed by atoms with Crippen molar-refractivity contribution in [3.05, 3.63) is 51.1 Å². The summed E-state index contributed by atoms with van der Waals surface area (Å²) in [5.41, 5.74) is -0.111. The Labute approximate surface area is 134 Å². The van der Waals surface area contributed by atoms with Gasteiger partial charge in [-0.15, -0.1) is 0 Å². The highest BCUT2D eigenvalue weighted by atomic mass is 35.5. The van der Waals surface area contributed by atoms with Gasteiger partial charge in [0.25, 0.3) is 5.69 Å². The van der Waals surface area contributed by atoms with Gasteiger partial charge in [-0.05, 0) is 6.07 Å². The van der Waals surface area contributed by atoms with Crippen LogP contribution in [-0.2, 0) is 11.3 Å². The molecule has 0 saturated carbocycles. The summed E-state index contributed by atoms with van der Waals surface area (Å²) in [6.45, 7) is -0.259. The Hall–Kier alpha value is -3.43. The Morgan fingerprint density at radius 3 is 2.74 bits per heavy atom. The maximum absolute atomic E-state index is 12.0. The number of hydrogen-bond acceptors (Lipinski definition) is 6. The van der Waals surface area contributed by atoms with Gasteiger partial charge in [-0.1, -0.05) is 11.6 Å². The zero-order chi connectivity index (χ0) is 17.0. The molecule has 23 heavy (non-hydrogen) atoms. The number of imidazole rings is 1. The van der Waals surface area contributed by atoms with E-state index in [1.54, 1.807) is 12.1 Å². The maximum atomic E-state index is 12.0. The Morgan fingerprint density at radius 2 is 2.17 bits per heavy atom. The molecule has 9 nitrogen and oxygen atoms in total. The molecule has 1 amide bonds. The maximum Gasteiger partial charge on any atom is 0.271 e. The summed E-state index contributed by atoms with van der Waals surface area (Å²) < 4.78 is 1.22. The van der Waals surface area contributed by atoms with Crippen LogP contribution in [0.5, 0.6) is 0 Å². The number of aromatic nitrogens is 2. The van der Waals surface area contributed by atoms with E-state index in [1.165, 1.54) is 23.0 Å². The first kappa shape index (κ1) is 15.9. The van der Waals surface area contributed by atoms with Gasteiger partial charge >= 0.3 is 0 Å². The van der Waals surface area contributed by atoms with Crippen LogP contribution in [0.4, 0.5) is 11.4 Å². The minimum Gasteiger partial charge on any atom is -0.323 e. The molecule has 0 saturated heterocycles. The number of nitrogens with zero attached hydrogens (tertiary/aromatic N) is 5. The van der Waals surface area contributed by atoms with Crippen molar-refractivity contribution >= 4 is 28.9 Å². The number of anilines is 1. The van der Waals surface area contributed by atoms with Gasteiger partial charge in [0.15, 0.2) is 11.4 Å². The van der Waals surface area contributed by atoms with Crippen molar-refractivity contribution in [1.82, 2.24) is 9.55 Å². The number of hydrogen-bond donors (Lipinski definition) is 1. The third-order valence-corrected chi connectivity index (χ3v) is 3.11. The molecule has 0 aliphatic heterocycles. The molecule has 114 valence electrons. The van der Waals surface area contributed by atoms with Crippen LogP contribution in [0.1, 0.15) is 11.4 Å². The van der Waals surface area contributed by atoms with Crippen LogP contribution in [-0.4, -0.2) is 20.4 Å². The van der Waals surface area contributed by atoms with Crippen molar-refractivity contribution in [2.45, 2.75) is 6.54 Å². The molecule has 1 N–H and O–H groups in total. The Morgan fingerprint density at radius 1 is 1.43 bits per heavy atom. The molecule has 1 heterocycles. The lowest BCUT2D eigenvalue weighted by molar-refractivity contribution is -0.384. The fraction of sp³-hybridized carbons (Fsp3) is 0.0769. The van der Waals surface area contributed by atoms with E-state index < -0.39 is 10.8 Å². The Bertz CT molecular complexity index is 877. The predicted octanol–water partition coefficient (Wildman–Crippen LogP) is 1.83. The summed E-state index contributed by atoms with van der Waals surface area (Å²) in [6, 6.07) is 7.16. The van der Waals surface area contributed by atoms with Crippen LogP contribution in [0.3, 0.4) is 0 Å². The number of rotatable bonds is 4. The molecule has 1 aromatic heterocycles. The number of non-ortho nitro benzene ring substituents is 1. The van der Waals surface area contributed by atoms with Crippen molar-refractivity contribution in [1.29, 1.82) is 10.5 Å². The summed E-state index contributed by atoms with van der Waals surface area (Å²) in [5, 5.41) is 30.9. The summed E-state index contributed by atoms with van der Waals surface area (Å²) in [4.78, 5) is 25.7. The van der Waals surface area contributed by atoms with Crippen molar-refractivity contribution in [3.63, 3.8) is 0 Å². The number of nitriles is 2. The van der Waals surface area contributed by atoms with E-state index in [1.807, 2.05) is 0 Å². The van der Waals surface area contributed by atoms with Crippen LogP contribution >= 0.6 is 11.6 Å². The van der Waals surface area contributed by atoms with E-state index in [0.29, 0.717) is 0 Å². The van der Waals surface area contributed by atoms with Crippen LogP contribution in [0.15, 0.2) is 24.5 Å². The van der Waals surface area contributed by atoms with Crippen LogP contribution in [0, 0.1) is 32.8 Å². The molecule has 10 heteroatoms. The Balaban J connectivity index is 2.15. The molecule has 0 spiro atoms. The molecule has 0 unspecified atom stereocenters. The summed E-state index contributed by atoms with van der Waals surface area (Å²) >= 11 is 5.87. The van der Waals surface area contributed by atoms with Crippen molar-refractivity contribution in [2.75, 3.05) is 5.32 Å². The minimum absolute atomic E-state index is 0.0106. The fourth-order valence-electron chi connectivity index (χ4n) is 1.76. The van der Waals surface area contributed by atoms with Gasteiger partial charge in [-0.25, -0.2) is 4.98 Å². The molecule has 0 aliphatic rings. The standard InChI is InChI=1S/C13H7ClN6O3/c14-9-3-8(20(22)23)1-2-10(9)18-13(21)6-19-7-17-11(4-15)12(19)5-16/h1-3,7H,6H2,(H,18,21). The van der Waals surface area contributed by atoms with Crippen molar-refractivity contribution in [2.24, 2.45) is 0 Å². The lowest BCUT2D eigenvalue weighted by Crippen LogP contribution is -2.19. The zero-order valence-electron chi connectivity index (χ0n) is 11.4. The van der Waals surface area contributed by atoms with Crippen LogP contribution in [0.2, 0.25) is 5.02 Å². The number of benzene rings is 1. The first-order valence-electron chi connectivity index (χ1n) is 6.05. The Kier molecular flexibility index (Phi) is 4.55. The quantitative estimate of drug-likeness (QED) is 0.670. The molecule has 0 fully saturated rings. The van der Waals surface area contributed by atoms with Gasteiger partial charge in [-0.3, -0.25) is 14.9 Å². The molecule has 0 bridgehead atoms. The SMILES string of the molecule is N#Cc1ncn(CC(=O)Nc2ccc([N+](=O)[O-])cc2Cl)c1C#N. The van der Waals surface area contributed by atoms with E-state index in [4.69, 9.17) is 22.1 Å². The summed E-state index contributed by atoms with van der Waals surface area (Å²) in [7, 11) is 0.